The van der Waals surface area contributed by atoms with E-state index < -0.39 is 11.5 Å². The molecule has 1 aliphatic rings. The first-order valence-corrected chi connectivity index (χ1v) is 10.7. The van der Waals surface area contributed by atoms with Gasteiger partial charge in [-0.1, -0.05) is 66.2 Å². The minimum atomic E-state index is -0.577. The van der Waals surface area contributed by atoms with E-state index in [4.69, 9.17) is 31.5 Å². The van der Waals surface area contributed by atoms with Gasteiger partial charge in [-0.05, 0) is 29.8 Å². The number of hydrogen-bond donors (Lipinski definition) is 1. The van der Waals surface area contributed by atoms with E-state index in [0.717, 1.165) is 11.1 Å². The Kier molecular flexibility index (Phi) is 4.41. The van der Waals surface area contributed by atoms with Crippen molar-refractivity contribution < 1.29 is 9.15 Å². The molecule has 0 amide bonds. The fraction of sp³-hybridized carbons (Fsp3) is 0.0385. The van der Waals surface area contributed by atoms with Crippen molar-refractivity contribution in [1.29, 1.82) is 0 Å². The number of nitrogen functional groups attached to an aromatic ring is 1. The van der Waals surface area contributed by atoms with Gasteiger partial charge >= 0.3 is 5.63 Å². The highest BCUT2D eigenvalue weighted by atomic mass is 35.5. The molecule has 6 rings (SSSR count). The minimum absolute atomic E-state index is 0.233. The zero-order valence-electron chi connectivity index (χ0n) is 17.2. The summed E-state index contributed by atoms with van der Waals surface area (Å²) in [6.07, 6.45) is 0. The molecule has 0 spiro atoms. The van der Waals surface area contributed by atoms with Gasteiger partial charge in [-0.25, -0.2) is 9.78 Å². The number of rotatable bonds is 2. The highest BCUT2D eigenvalue weighted by molar-refractivity contribution is 6.30. The van der Waals surface area contributed by atoms with Crippen LogP contribution in [0.3, 0.4) is 0 Å². The average Bonchev–Trinajstić information content (AvgIpc) is 2.84. The van der Waals surface area contributed by atoms with Crippen LogP contribution in [0, 0.1) is 0 Å². The summed E-state index contributed by atoms with van der Waals surface area (Å²) >= 11 is 6.13. The van der Waals surface area contributed by atoms with Gasteiger partial charge in [0.15, 0.2) is 11.6 Å². The van der Waals surface area contributed by atoms with Crippen LogP contribution >= 0.6 is 11.6 Å². The maximum atomic E-state index is 13.2. The van der Waals surface area contributed by atoms with E-state index in [0.29, 0.717) is 44.6 Å². The molecule has 1 unspecified atom stereocenters. The summed E-state index contributed by atoms with van der Waals surface area (Å²) in [5.41, 5.74) is 8.89. The normalized spacial score (nSPS) is 14.4. The van der Waals surface area contributed by atoms with Crippen LogP contribution in [0.1, 0.15) is 22.6 Å². The van der Waals surface area contributed by atoms with Gasteiger partial charge in [0, 0.05) is 10.6 Å². The number of halogens is 1. The van der Waals surface area contributed by atoms with Crippen LogP contribution in [0.5, 0.6) is 11.6 Å². The molecule has 5 aromatic rings. The zero-order chi connectivity index (χ0) is 22.5. The van der Waals surface area contributed by atoms with Gasteiger partial charge in [0.25, 0.3) is 0 Å². The number of para-hydroxylation sites is 1. The van der Waals surface area contributed by atoms with Crippen LogP contribution in [0.15, 0.2) is 88.1 Å². The molecule has 33 heavy (non-hydrogen) atoms. The van der Waals surface area contributed by atoms with Crippen LogP contribution in [0.25, 0.3) is 22.4 Å². The lowest BCUT2D eigenvalue weighted by molar-refractivity contribution is 0.423. The number of aromatic nitrogens is 2. The second-order valence-electron chi connectivity index (χ2n) is 7.73. The molecule has 0 radical (unpaired) electrons. The van der Waals surface area contributed by atoms with Crippen molar-refractivity contribution in [2.45, 2.75) is 5.92 Å². The molecule has 0 saturated carbocycles. The third-order valence-corrected chi connectivity index (χ3v) is 6.00. The van der Waals surface area contributed by atoms with E-state index in [-0.39, 0.29) is 5.82 Å². The van der Waals surface area contributed by atoms with Gasteiger partial charge in [-0.2, -0.15) is 4.98 Å². The first-order chi connectivity index (χ1) is 16.1. The molecule has 1 aliphatic heterocycles. The fourth-order valence-electron chi connectivity index (χ4n) is 4.26. The van der Waals surface area contributed by atoms with Crippen molar-refractivity contribution in [2.24, 2.45) is 0 Å². The lowest BCUT2D eigenvalue weighted by Gasteiger charge is -2.28. The highest BCUT2D eigenvalue weighted by Crippen LogP contribution is 2.49. The number of nitrogens with zero attached hydrogens (tertiary/aromatic N) is 2. The summed E-state index contributed by atoms with van der Waals surface area (Å²) in [6.45, 7) is 0. The maximum Gasteiger partial charge on any atom is 0.344 e. The molecular formula is C26H16ClN3O3. The van der Waals surface area contributed by atoms with Crippen molar-refractivity contribution in [1.82, 2.24) is 9.97 Å². The first-order valence-electron chi connectivity index (χ1n) is 10.3. The van der Waals surface area contributed by atoms with Gasteiger partial charge in [-0.3, -0.25) is 0 Å². The van der Waals surface area contributed by atoms with Crippen molar-refractivity contribution in [2.75, 3.05) is 5.73 Å². The second kappa shape index (κ2) is 7.46. The number of ether oxygens (including phenoxy) is 1. The Morgan fingerprint density at radius 3 is 2.36 bits per heavy atom. The predicted molar refractivity (Wildman–Crippen MR) is 127 cm³/mol. The average molecular weight is 454 g/mol. The van der Waals surface area contributed by atoms with Gasteiger partial charge < -0.3 is 14.9 Å². The third-order valence-electron chi connectivity index (χ3n) is 5.75. The van der Waals surface area contributed by atoms with E-state index in [2.05, 4.69) is 4.98 Å². The van der Waals surface area contributed by atoms with Gasteiger partial charge in [0.05, 0.1) is 22.4 Å². The topological polar surface area (TPSA) is 91.2 Å². The van der Waals surface area contributed by atoms with Gasteiger partial charge in [0.1, 0.15) is 11.4 Å². The lowest BCUT2D eigenvalue weighted by atomic mass is 9.84. The molecule has 2 N–H and O–H groups in total. The largest absolute Gasteiger partial charge is 0.437 e. The molecule has 3 aromatic carbocycles. The monoisotopic (exact) mass is 453 g/mol. The van der Waals surface area contributed by atoms with Crippen LogP contribution in [0.2, 0.25) is 5.02 Å². The smallest absolute Gasteiger partial charge is 0.344 e. The van der Waals surface area contributed by atoms with Crippen LogP contribution in [0.4, 0.5) is 5.82 Å². The molecule has 0 saturated heterocycles. The molecule has 0 aliphatic carbocycles. The fourth-order valence-corrected chi connectivity index (χ4v) is 4.38. The lowest BCUT2D eigenvalue weighted by Crippen LogP contribution is -2.23. The third kappa shape index (κ3) is 3.15. The molecular weight excluding hydrogens is 438 g/mol. The summed E-state index contributed by atoms with van der Waals surface area (Å²) in [6, 6.07) is 24.0. The van der Waals surface area contributed by atoms with Crippen LogP contribution in [-0.2, 0) is 0 Å². The van der Waals surface area contributed by atoms with E-state index >= 15 is 0 Å². The highest BCUT2D eigenvalue weighted by Gasteiger charge is 2.37. The van der Waals surface area contributed by atoms with Gasteiger partial charge in [-0.15, -0.1) is 0 Å². The first kappa shape index (κ1) is 19.5. The SMILES string of the molecule is Nc1nc(-c2ccccc2)nc2c1C(c1ccc(Cl)cc1)c1c(c3ccccc3oc1=O)O2. The quantitative estimate of drug-likeness (QED) is 0.334. The Hall–Kier alpha value is -4.16. The van der Waals surface area contributed by atoms with Crippen LogP contribution < -0.4 is 16.1 Å². The molecule has 2 aromatic heterocycles. The number of fused-ring (bicyclic) bond motifs is 4. The molecule has 3 heterocycles. The van der Waals surface area contributed by atoms with Gasteiger partial charge in [0.2, 0.25) is 5.88 Å². The van der Waals surface area contributed by atoms with Crippen molar-refractivity contribution in [3.8, 4) is 23.0 Å². The minimum Gasteiger partial charge on any atom is -0.437 e. The molecule has 6 nitrogen and oxygen atoms in total. The Morgan fingerprint density at radius 1 is 0.848 bits per heavy atom. The molecule has 1 atom stereocenters. The summed E-state index contributed by atoms with van der Waals surface area (Å²) in [5, 5.41) is 1.26. The predicted octanol–water partition coefficient (Wildman–Crippen LogP) is 5.77. The van der Waals surface area contributed by atoms with Crippen molar-refractivity contribution >= 4 is 28.4 Å². The number of benzene rings is 3. The summed E-state index contributed by atoms with van der Waals surface area (Å²) in [7, 11) is 0. The number of nitrogens with two attached hydrogens (primary N) is 1. The zero-order valence-corrected chi connectivity index (χ0v) is 17.9. The van der Waals surface area contributed by atoms with E-state index in [9.17, 15) is 4.79 Å². The Morgan fingerprint density at radius 2 is 1.58 bits per heavy atom. The van der Waals surface area contributed by atoms with E-state index in [1.54, 1.807) is 24.3 Å². The molecule has 0 bridgehead atoms. The summed E-state index contributed by atoms with van der Waals surface area (Å²) in [4.78, 5) is 22.4. The second-order valence-corrected chi connectivity index (χ2v) is 8.17. The van der Waals surface area contributed by atoms with Crippen LogP contribution in [-0.4, -0.2) is 9.97 Å². The molecule has 7 heteroatoms. The number of anilines is 1. The Labute approximate surface area is 193 Å². The van der Waals surface area contributed by atoms with E-state index in [1.807, 2.05) is 54.6 Å². The standard InChI is InChI=1S/C26H16ClN3O3/c27-16-12-10-14(11-13-16)19-20-22(17-8-4-5-9-18(17)32-26(20)31)33-25-21(19)23(28)29-24(30-25)15-6-2-1-3-7-15/h1-13,19H,(H2,28,29,30). The van der Waals surface area contributed by atoms with Crippen molar-refractivity contribution in [3.05, 3.63) is 111 Å². The Bertz CT molecular complexity index is 1580. The summed E-state index contributed by atoms with van der Waals surface area (Å²) < 4.78 is 11.9. The summed E-state index contributed by atoms with van der Waals surface area (Å²) in [5.74, 6) is 0.817. The molecule has 160 valence electrons. The van der Waals surface area contributed by atoms with Crippen molar-refractivity contribution in [3.63, 3.8) is 0 Å². The van der Waals surface area contributed by atoms with E-state index in [1.165, 1.54) is 0 Å². The molecule has 0 fully saturated rings. The number of hydrogen-bond acceptors (Lipinski definition) is 6. The maximum absolute atomic E-state index is 13.2. The Balaban J connectivity index is 1.67.